The lowest BCUT2D eigenvalue weighted by Crippen LogP contribution is -2.02. The molecule has 0 aliphatic carbocycles. The highest BCUT2D eigenvalue weighted by molar-refractivity contribution is 6.35. The second-order valence-electron chi connectivity index (χ2n) is 4.58. The molecule has 0 fully saturated rings. The average molecular weight is 321 g/mol. The number of halogens is 3. The van der Waals surface area contributed by atoms with Gasteiger partial charge in [0.15, 0.2) is 0 Å². The molecule has 0 saturated carbocycles. The predicted molar refractivity (Wildman–Crippen MR) is 85.5 cm³/mol. The zero-order valence-electron chi connectivity index (χ0n) is 10.9. The highest BCUT2D eigenvalue weighted by Gasteiger charge is 2.07. The van der Waals surface area contributed by atoms with Gasteiger partial charge in [0.05, 0.1) is 11.2 Å². The molecule has 0 saturated heterocycles. The fraction of sp³-hybridized carbons (Fsp3) is 0.0625. The maximum atomic E-state index is 13.7. The summed E-state index contributed by atoms with van der Waals surface area (Å²) in [4.78, 5) is 4.35. The van der Waals surface area contributed by atoms with Crippen LogP contribution in [0.1, 0.15) is 5.56 Å². The van der Waals surface area contributed by atoms with E-state index in [2.05, 4.69) is 10.3 Å². The summed E-state index contributed by atoms with van der Waals surface area (Å²) in [5, 5.41) is 5.05. The fourth-order valence-corrected chi connectivity index (χ4v) is 2.55. The molecule has 3 rings (SSSR count). The molecule has 106 valence electrons. The molecule has 2 nitrogen and oxygen atoms in total. The molecular weight excluding hydrogens is 310 g/mol. The molecule has 3 aromatic rings. The normalized spacial score (nSPS) is 10.8. The van der Waals surface area contributed by atoms with E-state index in [-0.39, 0.29) is 5.82 Å². The molecule has 2 aromatic carbocycles. The number of pyridine rings is 1. The molecule has 0 aliphatic rings. The number of benzene rings is 2. The highest BCUT2D eigenvalue weighted by Crippen LogP contribution is 2.26. The van der Waals surface area contributed by atoms with E-state index in [0.29, 0.717) is 22.3 Å². The van der Waals surface area contributed by atoms with Gasteiger partial charge in [-0.1, -0.05) is 29.3 Å². The SMILES string of the molecule is Fc1ccc(Cl)cc1NCc1ccc(Cl)c2cccnc12. The monoisotopic (exact) mass is 320 g/mol. The lowest BCUT2D eigenvalue weighted by molar-refractivity contribution is 0.630. The molecule has 0 unspecified atom stereocenters. The topological polar surface area (TPSA) is 24.9 Å². The molecule has 21 heavy (non-hydrogen) atoms. The maximum Gasteiger partial charge on any atom is 0.146 e. The van der Waals surface area contributed by atoms with Gasteiger partial charge in [0.2, 0.25) is 0 Å². The van der Waals surface area contributed by atoms with Gasteiger partial charge in [-0.05, 0) is 42.0 Å². The number of fused-ring (bicyclic) bond motifs is 1. The summed E-state index contributed by atoms with van der Waals surface area (Å²) in [5.74, 6) is -0.342. The number of hydrogen-bond donors (Lipinski definition) is 1. The molecule has 0 spiro atoms. The minimum absolute atomic E-state index is 0.342. The first-order chi connectivity index (χ1) is 10.1. The Morgan fingerprint density at radius 2 is 1.95 bits per heavy atom. The Balaban J connectivity index is 1.92. The standard InChI is InChI=1S/C16H11Cl2FN2/c17-11-4-6-14(19)15(8-11)21-9-10-3-5-13(18)12-2-1-7-20-16(10)12/h1-8,21H,9H2. The van der Waals surface area contributed by atoms with Crippen LogP contribution in [-0.4, -0.2) is 4.98 Å². The summed E-state index contributed by atoms with van der Waals surface area (Å²) in [6.07, 6.45) is 1.71. The van der Waals surface area contributed by atoms with Gasteiger partial charge in [0, 0.05) is 28.2 Å². The van der Waals surface area contributed by atoms with Crippen LogP contribution in [-0.2, 0) is 6.54 Å². The predicted octanol–water partition coefficient (Wildman–Crippen LogP) is 5.29. The smallest absolute Gasteiger partial charge is 0.146 e. The van der Waals surface area contributed by atoms with Crippen molar-refractivity contribution in [2.24, 2.45) is 0 Å². The Labute approximate surface area is 131 Å². The first-order valence-corrected chi connectivity index (χ1v) is 7.12. The van der Waals surface area contributed by atoms with Crippen molar-refractivity contribution in [3.05, 3.63) is 70.1 Å². The van der Waals surface area contributed by atoms with E-state index in [0.717, 1.165) is 16.5 Å². The molecular formula is C16H11Cl2FN2. The first kappa shape index (κ1) is 14.1. The van der Waals surface area contributed by atoms with Crippen LogP contribution in [0.4, 0.5) is 10.1 Å². The second-order valence-corrected chi connectivity index (χ2v) is 5.43. The van der Waals surface area contributed by atoms with Gasteiger partial charge >= 0.3 is 0 Å². The van der Waals surface area contributed by atoms with Gasteiger partial charge in [-0.3, -0.25) is 4.98 Å². The van der Waals surface area contributed by atoms with Gasteiger partial charge in [-0.2, -0.15) is 0 Å². The molecule has 0 radical (unpaired) electrons. The molecule has 1 heterocycles. The number of hydrogen-bond acceptors (Lipinski definition) is 2. The van der Waals surface area contributed by atoms with E-state index in [1.54, 1.807) is 12.3 Å². The molecule has 0 bridgehead atoms. The van der Waals surface area contributed by atoms with Crippen molar-refractivity contribution >= 4 is 39.8 Å². The van der Waals surface area contributed by atoms with Gasteiger partial charge < -0.3 is 5.32 Å². The van der Waals surface area contributed by atoms with E-state index >= 15 is 0 Å². The van der Waals surface area contributed by atoms with Crippen LogP contribution in [0.3, 0.4) is 0 Å². The number of anilines is 1. The fourth-order valence-electron chi connectivity index (χ4n) is 2.16. The molecule has 0 atom stereocenters. The third-order valence-electron chi connectivity index (χ3n) is 3.20. The third-order valence-corrected chi connectivity index (χ3v) is 3.76. The minimum atomic E-state index is -0.342. The van der Waals surface area contributed by atoms with Crippen LogP contribution < -0.4 is 5.32 Å². The van der Waals surface area contributed by atoms with E-state index in [1.165, 1.54) is 12.1 Å². The van der Waals surface area contributed by atoms with E-state index in [4.69, 9.17) is 23.2 Å². The minimum Gasteiger partial charge on any atom is -0.378 e. The summed E-state index contributed by atoms with van der Waals surface area (Å²) in [6, 6.07) is 11.9. The zero-order valence-corrected chi connectivity index (χ0v) is 12.4. The Morgan fingerprint density at radius 3 is 2.81 bits per heavy atom. The number of rotatable bonds is 3. The number of aromatic nitrogens is 1. The largest absolute Gasteiger partial charge is 0.378 e. The number of nitrogens with one attached hydrogen (secondary N) is 1. The Kier molecular flexibility index (Phi) is 3.95. The van der Waals surface area contributed by atoms with Crippen molar-refractivity contribution in [3.8, 4) is 0 Å². The van der Waals surface area contributed by atoms with Gasteiger partial charge in [-0.25, -0.2) is 4.39 Å². The summed E-state index contributed by atoms with van der Waals surface area (Å²) in [7, 11) is 0. The quantitative estimate of drug-likeness (QED) is 0.709. The van der Waals surface area contributed by atoms with Crippen molar-refractivity contribution in [1.29, 1.82) is 0 Å². The molecule has 0 aliphatic heterocycles. The lowest BCUT2D eigenvalue weighted by atomic mass is 10.1. The highest BCUT2D eigenvalue weighted by atomic mass is 35.5. The van der Waals surface area contributed by atoms with Crippen LogP contribution in [0.15, 0.2) is 48.7 Å². The van der Waals surface area contributed by atoms with E-state index < -0.39 is 0 Å². The second kappa shape index (κ2) is 5.88. The Bertz CT molecular complexity index is 805. The van der Waals surface area contributed by atoms with Crippen LogP contribution in [0.25, 0.3) is 10.9 Å². The van der Waals surface area contributed by atoms with Gasteiger partial charge in [-0.15, -0.1) is 0 Å². The van der Waals surface area contributed by atoms with Crippen molar-refractivity contribution in [2.75, 3.05) is 5.32 Å². The zero-order chi connectivity index (χ0) is 14.8. The van der Waals surface area contributed by atoms with Gasteiger partial charge in [0.1, 0.15) is 5.82 Å². The van der Waals surface area contributed by atoms with Crippen molar-refractivity contribution in [1.82, 2.24) is 4.98 Å². The van der Waals surface area contributed by atoms with Crippen LogP contribution in [0.5, 0.6) is 0 Å². The molecule has 0 amide bonds. The van der Waals surface area contributed by atoms with E-state index in [1.807, 2.05) is 24.3 Å². The summed E-state index contributed by atoms with van der Waals surface area (Å²) in [6.45, 7) is 0.432. The molecule has 5 heteroatoms. The summed E-state index contributed by atoms with van der Waals surface area (Å²) < 4.78 is 13.7. The summed E-state index contributed by atoms with van der Waals surface area (Å²) >= 11 is 12.0. The van der Waals surface area contributed by atoms with Crippen LogP contribution in [0, 0.1) is 5.82 Å². The van der Waals surface area contributed by atoms with Crippen molar-refractivity contribution in [2.45, 2.75) is 6.54 Å². The van der Waals surface area contributed by atoms with Gasteiger partial charge in [0.25, 0.3) is 0 Å². The third kappa shape index (κ3) is 2.94. The number of nitrogens with zero attached hydrogens (tertiary/aromatic N) is 1. The van der Waals surface area contributed by atoms with Crippen molar-refractivity contribution in [3.63, 3.8) is 0 Å². The Hall–Kier alpha value is -1.84. The molecule has 1 aromatic heterocycles. The summed E-state index contributed by atoms with van der Waals surface area (Å²) in [5.41, 5.74) is 2.11. The molecule has 1 N–H and O–H groups in total. The van der Waals surface area contributed by atoms with E-state index in [9.17, 15) is 4.39 Å². The van der Waals surface area contributed by atoms with Crippen molar-refractivity contribution < 1.29 is 4.39 Å². The average Bonchev–Trinajstić information content (AvgIpc) is 2.50. The Morgan fingerprint density at radius 1 is 1.10 bits per heavy atom. The van der Waals surface area contributed by atoms with Crippen LogP contribution in [0.2, 0.25) is 10.0 Å². The maximum absolute atomic E-state index is 13.7. The lowest BCUT2D eigenvalue weighted by Gasteiger charge is -2.10. The first-order valence-electron chi connectivity index (χ1n) is 6.36. The van der Waals surface area contributed by atoms with Crippen LogP contribution >= 0.6 is 23.2 Å².